The summed E-state index contributed by atoms with van der Waals surface area (Å²) in [6.45, 7) is 1.87. The maximum atomic E-state index is 12.1. The quantitative estimate of drug-likeness (QED) is 0.615. The largest absolute Gasteiger partial charge is 1.00 e. The van der Waals surface area contributed by atoms with Gasteiger partial charge in [-0.15, -0.1) is 11.8 Å². The third-order valence-corrected chi connectivity index (χ3v) is 4.59. The zero-order valence-corrected chi connectivity index (χ0v) is 12.6. The SMILES string of the molecule is Cc1cc(=O)n2c(c1-c1ccccc1)SCC2C(=O)[O-].[Li+]. The number of thioether (sulfide) groups is 1. The van der Waals surface area contributed by atoms with E-state index >= 15 is 0 Å². The standard InChI is InChI=1S/C15H13NO3S.Li/c1-9-7-12(17)16-11(15(18)19)8-20-14(16)13(9)10-5-3-2-4-6-10;/h2-7,11H,8H2,1H3,(H,18,19);/q;+1/p-1. The molecule has 0 bridgehead atoms. The molecule has 21 heavy (non-hydrogen) atoms. The van der Waals surface area contributed by atoms with Gasteiger partial charge in [0.2, 0.25) is 0 Å². The van der Waals surface area contributed by atoms with Crippen molar-refractivity contribution in [3.8, 4) is 11.1 Å². The molecular formula is C15H12LiNO3S. The minimum absolute atomic E-state index is 0. The van der Waals surface area contributed by atoms with Crippen LogP contribution >= 0.6 is 11.8 Å². The van der Waals surface area contributed by atoms with Gasteiger partial charge in [0.15, 0.2) is 0 Å². The molecule has 3 rings (SSSR count). The van der Waals surface area contributed by atoms with Gasteiger partial charge < -0.3 is 9.90 Å². The van der Waals surface area contributed by atoms with Crippen LogP contribution in [0, 0.1) is 6.92 Å². The van der Waals surface area contributed by atoms with Crippen LogP contribution in [0.3, 0.4) is 0 Å². The predicted molar refractivity (Wildman–Crippen MR) is 75.6 cm³/mol. The third kappa shape index (κ3) is 2.69. The summed E-state index contributed by atoms with van der Waals surface area (Å²) in [7, 11) is 0. The zero-order chi connectivity index (χ0) is 14.3. The van der Waals surface area contributed by atoms with Crippen LogP contribution in [0.5, 0.6) is 0 Å². The molecule has 1 unspecified atom stereocenters. The Kier molecular flexibility index (Phi) is 4.67. The number of aliphatic carboxylic acids is 1. The van der Waals surface area contributed by atoms with Crippen molar-refractivity contribution in [1.82, 2.24) is 4.57 Å². The van der Waals surface area contributed by atoms with Crippen molar-refractivity contribution in [2.75, 3.05) is 5.75 Å². The smallest absolute Gasteiger partial charge is 0.548 e. The van der Waals surface area contributed by atoms with Crippen LogP contribution in [-0.2, 0) is 4.79 Å². The predicted octanol–water partition coefficient (Wildman–Crippen LogP) is -1.78. The van der Waals surface area contributed by atoms with Gasteiger partial charge in [0.1, 0.15) is 0 Å². The Hall–Kier alpha value is -1.41. The Bertz CT molecular complexity index is 743. The number of fused-ring (bicyclic) bond motifs is 1. The molecule has 2 heterocycles. The van der Waals surface area contributed by atoms with Gasteiger partial charge in [-0.05, 0) is 18.1 Å². The number of carbonyl (C=O) groups excluding carboxylic acids is 1. The number of carbonyl (C=O) groups is 1. The first-order valence-corrected chi connectivity index (χ1v) is 7.23. The molecule has 6 heteroatoms. The van der Waals surface area contributed by atoms with E-state index in [1.807, 2.05) is 37.3 Å². The van der Waals surface area contributed by atoms with Crippen molar-refractivity contribution >= 4 is 17.7 Å². The number of pyridine rings is 1. The Morgan fingerprint density at radius 2 is 2.00 bits per heavy atom. The van der Waals surface area contributed by atoms with E-state index in [1.54, 1.807) is 0 Å². The van der Waals surface area contributed by atoms with Crippen molar-refractivity contribution in [1.29, 1.82) is 0 Å². The molecule has 1 aliphatic rings. The Morgan fingerprint density at radius 1 is 1.33 bits per heavy atom. The van der Waals surface area contributed by atoms with Crippen LogP contribution in [0.25, 0.3) is 11.1 Å². The summed E-state index contributed by atoms with van der Waals surface area (Å²) in [6, 6.07) is 10.3. The van der Waals surface area contributed by atoms with Crippen LogP contribution in [0.2, 0.25) is 0 Å². The second-order valence-corrected chi connectivity index (χ2v) is 5.74. The zero-order valence-electron chi connectivity index (χ0n) is 11.8. The van der Waals surface area contributed by atoms with Gasteiger partial charge in [-0.3, -0.25) is 9.36 Å². The van der Waals surface area contributed by atoms with Crippen molar-refractivity contribution in [3.05, 3.63) is 52.3 Å². The number of carboxylic acid groups (broad SMARTS) is 1. The summed E-state index contributed by atoms with van der Waals surface area (Å²) >= 11 is 1.40. The van der Waals surface area contributed by atoms with Crippen molar-refractivity contribution < 1.29 is 28.8 Å². The molecule has 0 fully saturated rings. The summed E-state index contributed by atoms with van der Waals surface area (Å²) in [6.07, 6.45) is 0. The maximum Gasteiger partial charge on any atom is 1.00 e. The minimum Gasteiger partial charge on any atom is -0.548 e. The Labute approximate surface area is 138 Å². The number of hydrogen-bond donors (Lipinski definition) is 0. The van der Waals surface area contributed by atoms with Crippen molar-refractivity contribution in [2.45, 2.75) is 18.0 Å². The molecule has 0 N–H and O–H groups in total. The van der Waals surface area contributed by atoms with Gasteiger partial charge >= 0.3 is 18.9 Å². The van der Waals surface area contributed by atoms with E-state index in [4.69, 9.17) is 0 Å². The molecule has 1 aliphatic heterocycles. The van der Waals surface area contributed by atoms with E-state index in [9.17, 15) is 14.7 Å². The molecule has 0 radical (unpaired) electrons. The summed E-state index contributed by atoms with van der Waals surface area (Å²) < 4.78 is 1.34. The van der Waals surface area contributed by atoms with E-state index < -0.39 is 12.0 Å². The summed E-state index contributed by atoms with van der Waals surface area (Å²) in [5.74, 6) is -0.873. The molecule has 0 aliphatic carbocycles. The van der Waals surface area contributed by atoms with Crippen LogP contribution < -0.4 is 29.5 Å². The monoisotopic (exact) mass is 293 g/mol. The maximum absolute atomic E-state index is 12.1. The second-order valence-electron chi connectivity index (χ2n) is 4.73. The summed E-state index contributed by atoms with van der Waals surface area (Å²) in [5.41, 5.74) is 2.49. The van der Waals surface area contributed by atoms with Gasteiger partial charge in [-0.2, -0.15) is 0 Å². The molecule has 2 aromatic rings. The number of aromatic nitrogens is 1. The molecule has 1 aromatic heterocycles. The third-order valence-electron chi connectivity index (χ3n) is 3.43. The normalized spacial score (nSPS) is 16.1. The van der Waals surface area contributed by atoms with Crippen molar-refractivity contribution in [2.24, 2.45) is 0 Å². The van der Waals surface area contributed by atoms with E-state index in [0.717, 1.165) is 21.7 Å². The van der Waals surface area contributed by atoms with Crippen LogP contribution in [0.4, 0.5) is 0 Å². The second kappa shape index (κ2) is 6.15. The number of rotatable bonds is 2. The fourth-order valence-corrected chi connectivity index (χ4v) is 3.90. The average Bonchev–Trinajstić information content (AvgIpc) is 2.85. The topological polar surface area (TPSA) is 62.1 Å². The van der Waals surface area contributed by atoms with Gasteiger partial charge in [-0.1, -0.05) is 30.3 Å². The van der Waals surface area contributed by atoms with Crippen LogP contribution in [-0.4, -0.2) is 16.3 Å². The first-order valence-electron chi connectivity index (χ1n) is 6.25. The fourth-order valence-electron chi connectivity index (χ4n) is 2.51. The molecule has 0 saturated heterocycles. The van der Waals surface area contributed by atoms with Gasteiger partial charge in [0.05, 0.1) is 17.0 Å². The van der Waals surface area contributed by atoms with Gasteiger partial charge in [0, 0.05) is 17.4 Å². The van der Waals surface area contributed by atoms with Crippen molar-refractivity contribution in [3.63, 3.8) is 0 Å². The van der Waals surface area contributed by atoms with Crippen LogP contribution in [0.15, 0.2) is 46.2 Å². The number of aryl methyl sites for hydroxylation is 1. The molecule has 102 valence electrons. The summed E-state index contributed by atoms with van der Waals surface area (Å²) in [5, 5.41) is 11.9. The minimum atomic E-state index is -1.21. The number of carboxylic acids is 1. The van der Waals surface area contributed by atoms with E-state index in [1.165, 1.54) is 22.4 Å². The average molecular weight is 293 g/mol. The number of hydrogen-bond acceptors (Lipinski definition) is 4. The van der Waals surface area contributed by atoms with Gasteiger partial charge in [0.25, 0.3) is 5.56 Å². The van der Waals surface area contributed by atoms with Crippen LogP contribution in [0.1, 0.15) is 11.6 Å². The summed E-state index contributed by atoms with van der Waals surface area (Å²) in [4.78, 5) is 23.3. The molecule has 1 atom stereocenters. The molecule has 1 aromatic carbocycles. The molecule has 0 amide bonds. The molecule has 4 nitrogen and oxygen atoms in total. The first-order chi connectivity index (χ1) is 9.59. The number of benzene rings is 1. The van der Waals surface area contributed by atoms with Gasteiger partial charge in [-0.25, -0.2) is 0 Å². The Balaban J connectivity index is 0.00000161. The molecule has 0 spiro atoms. The number of nitrogens with zero attached hydrogens (tertiary/aromatic N) is 1. The molecule has 0 saturated carbocycles. The fraction of sp³-hybridized carbons (Fsp3) is 0.200. The Morgan fingerprint density at radius 3 is 2.62 bits per heavy atom. The molecular weight excluding hydrogens is 281 g/mol. The van der Waals surface area contributed by atoms with E-state index in [0.29, 0.717) is 5.75 Å². The van der Waals surface area contributed by atoms with E-state index in [-0.39, 0.29) is 24.4 Å². The first kappa shape index (κ1) is 16.0. The van der Waals surface area contributed by atoms with E-state index in [2.05, 4.69) is 0 Å².